The molecular formula is C17H29NO2. The molecule has 1 rings (SSSR count). The lowest BCUT2D eigenvalue weighted by Crippen LogP contribution is -2.23. The lowest BCUT2D eigenvalue weighted by molar-refractivity contribution is 0.141. The standard InChI is InChI=1S/C17H29NO2/c1-5-11-18-17(8-7-12-20-6-2)16-10-9-15(19-4)13-14(16)3/h9-10,13,17-18H,5-8,11-12H2,1-4H3. The van der Waals surface area contributed by atoms with Gasteiger partial charge in [0.15, 0.2) is 0 Å². The van der Waals surface area contributed by atoms with E-state index >= 15 is 0 Å². The first kappa shape index (κ1) is 17.0. The van der Waals surface area contributed by atoms with Crippen molar-refractivity contribution < 1.29 is 9.47 Å². The van der Waals surface area contributed by atoms with E-state index in [0.29, 0.717) is 6.04 Å². The van der Waals surface area contributed by atoms with Crippen molar-refractivity contribution in [2.45, 2.75) is 46.1 Å². The van der Waals surface area contributed by atoms with E-state index < -0.39 is 0 Å². The molecule has 0 saturated carbocycles. The van der Waals surface area contributed by atoms with Gasteiger partial charge >= 0.3 is 0 Å². The first-order chi connectivity index (χ1) is 9.72. The largest absolute Gasteiger partial charge is 0.497 e. The summed E-state index contributed by atoms with van der Waals surface area (Å²) in [5.74, 6) is 0.926. The van der Waals surface area contributed by atoms with Gasteiger partial charge in [-0.2, -0.15) is 0 Å². The molecule has 0 aromatic heterocycles. The number of hydrogen-bond donors (Lipinski definition) is 1. The van der Waals surface area contributed by atoms with Crippen LogP contribution in [0.3, 0.4) is 0 Å². The fraction of sp³-hybridized carbons (Fsp3) is 0.647. The minimum absolute atomic E-state index is 0.404. The number of benzene rings is 1. The fourth-order valence-electron chi connectivity index (χ4n) is 2.39. The molecule has 3 nitrogen and oxygen atoms in total. The van der Waals surface area contributed by atoms with Gasteiger partial charge in [-0.25, -0.2) is 0 Å². The molecule has 1 unspecified atom stereocenters. The van der Waals surface area contributed by atoms with E-state index in [1.54, 1.807) is 7.11 Å². The molecule has 1 aromatic carbocycles. The number of rotatable bonds is 10. The van der Waals surface area contributed by atoms with Crippen molar-refractivity contribution in [3.63, 3.8) is 0 Å². The van der Waals surface area contributed by atoms with Crippen molar-refractivity contribution in [2.75, 3.05) is 26.9 Å². The van der Waals surface area contributed by atoms with Gasteiger partial charge in [0.1, 0.15) is 5.75 Å². The fourth-order valence-corrected chi connectivity index (χ4v) is 2.39. The summed E-state index contributed by atoms with van der Waals surface area (Å²) in [6, 6.07) is 6.74. The Labute approximate surface area is 123 Å². The molecule has 0 aliphatic rings. The molecule has 0 saturated heterocycles. The van der Waals surface area contributed by atoms with Crippen molar-refractivity contribution in [3.05, 3.63) is 29.3 Å². The predicted octanol–water partition coefficient (Wildman–Crippen LogP) is 3.86. The van der Waals surface area contributed by atoms with Crippen molar-refractivity contribution in [2.24, 2.45) is 0 Å². The third-order valence-corrected chi connectivity index (χ3v) is 3.48. The van der Waals surface area contributed by atoms with Crippen LogP contribution in [0.25, 0.3) is 0 Å². The van der Waals surface area contributed by atoms with Crippen LogP contribution >= 0.6 is 0 Å². The maximum atomic E-state index is 5.44. The van der Waals surface area contributed by atoms with Crippen molar-refractivity contribution in [1.29, 1.82) is 0 Å². The maximum absolute atomic E-state index is 5.44. The zero-order valence-corrected chi connectivity index (χ0v) is 13.4. The molecule has 0 radical (unpaired) electrons. The monoisotopic (exact) mass is 279 g/mol. The van der Waals surface area contributed by atoms with E-state index in [0.717, 1.165) is 44.8 Å². The molecule has 0 amide bonds. The lowest BCUT2D eigenvalue weighted by atomic mass is 9.97. The Morgan fingerprint density at radius 2 is 2.05 bits per heavy atom. The summed E-state index contributed by atoms with van der Waals surface area (Å²) in [5, 5.41) is 3.64. The second-order valence-corrected chi connectivity index (χ2v) is 5.07. The highest BCUT2D eigenvalue weighted by Crippen LogP contribution is 2.25. The first-order valence-electron chi connectivity index (χ1n) is 7.68. The van der Waals surface area contributed by atoms with Crippen LogP contribution in [0.2, 0.25) is 0 Å². The van der Waals surface area contributed by atoms with Crippen molar-refractivity contribution in [1.82, 2.24) is 5.32 Å². The Bertz CT molecular complexity index is 379. The van der Waals surface area contributed by atoms with Crippen LogP contribution in [0.5, 0.6) is 5.75 Å². The second-order valence-electron chi connectivity index (χ2n) is 5.07. The Hall–Kier alpha value is -1.06. The van der Waals surface area contributed by atoms with Gasteiger partial charge in [-0.05, 0) is 62.9 Å². The zero-order valence-electron chi connectivity index (χ0n) is 13.4. The number of ether oxygens (including phenoxy) is 2. The van der Waals surface area contributed by atoms with Crippen molar-refractivity contribution >= 4 is 0 Å². The van der Waals surface area contributed by atoms with E-state index in [-0.39, 0.29) is 0 Å². The molecule has 20 heavy (non-hydrogen) atoms. The molecule has 1 aromatic rings. The molecule has 114 valence electrons. The summed E-state index contributed by atoms with van der Waals surface area (Å²) in [6.45, 7) is 9.09. The molecule has 0 bridgehead atoms. The maximum Gasteiger partial charge on any atom is 0.119 e. The summed E-state index contributed by atoms with van der Waals surface area (Å²) in [6.07, 6.45) is 3.34. The predicted molar refractivity (Wildman–Crippen MR) is 84.5 cm³/mol. The zero-order chi connectivity index (χ0) is 14.8. The minimum atomic E-state index is 0.404. The first-order valence-corrected chi connectivity index (χ1v) is 7.68. The van der Waals surface area contributed by atoms with Crippen molar-refractivity contribution in [3.8, 4) is 5.75 Å². The van der Waals surface area contributed by atoms with Gasteiger partial charge in [0.2, 0.25) is 0 Å². The van der Waals surface area contributed by atoms with E-state index in [1.165, 1.54) is 11.1 Å². The molecule has 1 atom stereocenters. The molecule has 0 heterocycles. The van der Waals surface area contributed by atoms with E-state index in [2.05, 4.69) is 31.3 Å². The van der Waals surface area contributed by atoms with E-state index in [9.17, 15) is 0 Å². The average Bonchev–Trinajstić information content (AvgIpc) is 2.47. The SMILES string of the molecule is CCCNC(CCCOCC)c1ccc(OC)cc1C. The number of hydrogen-bond acceptors (Lipinski definition) is 3. The third kappa shape index (κ3) is 5.51. The Kier molecular flexibility index (Phi) is 8.31. The highest BCUT2D eigenvalue weighted by Gasteiger charge is 2.13. The summed E-state index contributed by atoms with van der Waals surface area (Å²) >= 11 is 0. The molecule has 0 fully saturated rings. The van der Waals surface area contributed by atoms with Gasteiger partial charge in [-0.15, -0.1) is 0 Å². The van der Waals surface area contributed by atoms with Gasteiger partial charge in [0.25, 0.3) is 0 Å². The average molecular weight is 279 g/mol. The van der Waals surface area contributed by atoms with Crippen LogP contribution in [-0.4, -0.2) is 26.9 Å². The van der Waals surface area contributed by atoms with Gasteiger partial charge in [0.05, 0.1) is 7.11 Å². The van der Waals surface area contributed by atoms with Crippen LogP contribution < -0.4 is 10.1 Å². The number of aryl methyl sites for hydroxylation is 1. The molecule has 0 aliphatic carbocycles. The molecule has 3 heteroatoms. The minimum Gasteiger partial charge on any atom is -0.497 e. The smallest absolute Gasteiger partial charge is 0.119 e. The molecule has 0 aliphatic heterocycles. The van der Waals surface area contributed by atoms with Crippen LogP contribution in [0.4, 0.5) is 0 Å². The summed E-state index contributed by atoms with van der Waals surface area (Å²) < 4.78 is 10.7. The van der Waals surface area contributed by atoms with Crippen LogP contribution in [-0.2, 0) is 4.74 Å². The Morgan fingerprint density at radius 3 is 2.65 bits per heavy atom. The Morgan fingerprint density at radius 1 is 1.25 bits per heavy atom. The topological polar surface area (TPSA) is 30.5 Å². The van der Waals surface area contributed by atoms with E-state index in [4.69, 9.17) is 9.47 Å². The highest BCUT2D eigenvalue weighted by atomic mass is 16.5. The molecular weight excluding hydrogens is 250 g/mol. The van der Waals surface area contributed by atoms with Gasteiger partial charge < -0.3 is 14.8 Å². The molecule has 1 N–H and O–H groups in total. The quantitative estimate of drug-likeness (QED) is 0.660. The second kappa shape index (κ2) is 9.78. The highest BCUT2D eigenvalue weighted by molar-refractivity contribution is 5.36. The summed E-state index contributed by atoms with van der Waals surface area (Å²) in [4.78, 5) is 0. The molecule has 0 spiro atoms. The summed E-state index contributed by atoms with van der Waals surface area (Å²) in [7, 11) is 1.71. The summed E-state index contributed by atoms with van der Waals surface area (Å²) in [5.41, 5.74) is 2.66. The number of nitrogens with one attached hydrogen (secondary N) is 1. The lowest BCUT2D eigenvalue weighted by Gasteiger charge is -2.21. The van der Waals surface area contributed by atoms with Crippen LogP contribution in [0.15, 0.2) is 18.2 Å². The normalized spacial score (nSPS) is 12.4. The van der Waals surface area contributed by atoms with Gasteiger partial charge in [0, 0.05) is 19.3 Å². The number of methoxy groups -OCH3 is 1. The van der Waals surface area contributed by atoms with Crippen LogP contribution in [0.1, 0.15) is 50.3 Å². The van der Waals surface area contributed by atoms with Crippen LogP contribution in [0, 0.1) is 6.92 Å². The third-order valence-electron chi connectivity index (χ3n) is 3.48. The van der Waals surface area contributed by atoms with Gasteiger partial charge in [-0.3, -0.25) is 0 Å². The van der Waals surface area contributed by atoms with E-state index in [1.807, 2.05) is 13.0 Å². The Balaban J connectivity index is 2.70. The van der Waals surface area contributed by atoms with Gasteiger partial charge in [-0.1, -0.05) is 13.0 Å².